The summed E-state index contributed by atoms with van der Waals surface area (Å²) >= 11 is 1.62. The van der Waals surface area contributed by atoms with Crippen molar-refractivity contribution in [3.8, 4) is 11.3 Å². The molecular formula is C28H35N5O2S. The van der Waals surface area contributed by atoms with Crippen LogP contribution >= 0.6 is 11.3 Å². The number of nitrogens with zero attached hydrogens (tertiary/aromatic N) is 3. The summed E-state index contributed by atoms with van der Waals surface area (Å²) in [6.07, 6.45) is 9.08. The van der Waals surface area contributed by atoms with Crippen LogP contribution in [0.5, 0.6) is 0 Å². The highest BCUT2D eigenvalue weighted by molar-refractivity contribution is 7.10. The van der Waals surface area contributed by atoms with Crippen molar-refractivity contribution in [3.63, 3.8) is 0 Å². The van der Waals surface area contributed by atoms with E-state index in [1.807, 2.05) is 42.3 Å². The summed E-state index contributed by atoms with van der Waals surface area (Å²) < 4.78 is 0. The first kappa shape index (κ1) is 24.8. The Labute approximate surface area is 216 Å². The molecule has 1 aliphatic heterocycles. The number of aromatic nitrogens is 2. The lowest BCUT2D eigenvalue weighted by molar-refractivity contribution is -0.139. The normalized spacial score (nSPS) is 20.4. The molecule has 2 N–H and O–H groups in total. The molecule has 190 valence electrons. The topological polar surface area (TPSA) is 87.2 Å². The molecule has 1 saturated heterocycles. The van der Waals surface area contributed by atoms with Gasteiger partial charge in [0.15, 0.2) is 0 Å². The van der Waals surface area contributed by atoms with Crippen molar-refractivity contribution in [2.45, 2.75) is 70.0 Å². The van der Waals surface area contributed by atoms with E-state index in [1.54, 1.807) is 18.4 Å². The van der Waals surface area contributed by atoms with Crippen LogP contribution in [0.25, 0.3) is 22.2 Å². The van der Waals surface area contributed by atoms with Crippen LogP contribution in [0.3, 0.4) is 0 Å². The fraction of sp³-hybridized carbons (Fsp3) is 0.500. The summed E-state index contributed by atoms with van der Waals surface area (Å²) in [7, 11) is 1.77. The first-order valence-corrected chi connectivity index (χ1v) is 14.0. The van der Waals surface area contributed by atoms with Crippen molar-refractivity contribution in [2.75, 3.05) is 13.6 Å². The molecule has 2 aliphatic rings. The van der Waals surface area contributed by atoms with Gasteiger partial charge in [-0.25, -0.2) is 4.98 Å². The molecule has 0 spiro atoms. The smallest absolute Gasteiger partial charge is 0.246 e. The second kappa shape index (κ2) is 11.0. The van der Waals surface area contributed by atoms with Gasteiger partial charge in [0.1, 0.15) is 11.0 Å². The number of hydrogen-bond donors (Lipinski definition) is 2. The number of nitrogens with one attached hydrogen (secondary N) is 2. The maximum absolute atomic E-state index is 14.0. The average Bonchev–Trinajstić information content (AvgIpc) is 3.61. The average molecular weight is 506 g/mol. The molecule has 1 saturated carbocycles. The number of carbonyl (C=O) groups excluding carboxylic acids is 2. The van der Waals surface area contributed by atoms with Crippen LogP contribution in [0, 0.1) is 5.92 Å². The third-order valence-electron chi connectivity index (χ3n) is 7.78. The molecule has 0 unspecified atom stereocenters. The van der Waals surface area contributed by atoms with Crippen LogP contribution in [0.2, 0.25) is 0 Å². The van der Waals surface area contributed by atoms with E-state index in [-0.39, 0.29) is 29.8 Å². The molecule has 3 aromatic rings. The highest BCUT2D eigenvalue weighted by atomic mass is 32.1. The standard InChI is InChI=1S/C28H35N5O2S/c1-18(29-2)26(34)32-25(19-9-4-3-5-10-19)28(35)33-16-8-13-24(33)27-31-23(17-36-27)21-14-15-30-22-12-7-6-11-20(21)22/h6-7,11-12,14-15,17-19,24-25,29H,3-5,8-10,13,16H2,1-2H3,(H,32,34)/t18-,24-,25-/m0/s1. The molecule has 1 aliphatic carbocycles. The van der Waals surface area contributed by atoms with Crippen molar-refractivity contribution in [1.29, 1.82) is 0 Å². The second-order valence-corrected chi connectivity index (χ2v) is 10.9. The minimum atomic E-state index is -0.474. The molecule has 0 bridgehead atoms. The lowest BCUT2D eigenvalue weighted by atomic mass is 9.83. The van der Waals surface area contributed by atoms with Crippen molar-refractivity contribution in [1.82, 2.24) is 25.5 Å². The lowest BCUT2D eigenvalue weighted by Crippen LogP contribution is -2.55. The number of amides is 2. The highest BCUT2D eigenvalue weighted by Crippen LogP contribution is 2.38. The maximum Gasteiger partial charge on any atom is 0.246 e. The number of likely N-dealkylation sites (tertiary alicyclic amines) is 1. The summed E-state index contributed by atoms with van der Waals surface area (Å²) in [5, 5.41) is 10.3. The third kappa shape index (κ3) is 5.02. The zero-order valence-corrected chi connectivity index (χ0v) is 21.9. The van der Waals surface area contributed by atoms with Crippen LogP contribution in [-0.4, -0.2) is 52.4 Å². The first-order valence-electron chi connectivity index (χ1n) is 13.1. The number of carbonyl (C=O) groups is 2. The molecule has 5 rings (SSSR count). The molecule has 0 radical (unpaired) electrons. The van der Waals surface area contributed by atoms with E-state index in [9.17, 15) is 9.59 Å². The van der Waals surface area contributed by atoms with Crippen LogP contribution in [0.1, 0.15) is 62.9 Å². The van der Waals surface area contributed by atoms with E-state index in [2.05, 4.69) is 27.1 Å². The summed E-state index contributed by atoms with van der Waals surface area (Å²) in [5.74, 6) is 0.126. The molecule has 3 heterocycles. The molecule has 2 aromatic heterocycles. The van der Waals surface area contributed by atoms with Gasteiger partial charge < -0.3 is 15.5 Å². The molecule has 7 nitrogen and oxygen atoms in total. The van der Waals surface area contributed by atoms with Crippen LogP contribution in [0.15, 0.2) is 41.9 Å². The van der Waals surface area contributed by atoms with E-state index < -0.39 is 6.04 Å². The molecule has 3 atom stereocenters. The number of benzene rings is 1. The van der Waals surface area contributed by atoms with Gasteiger partial charge in [-0.15, -0.1) is 11.3 Å². The van der Waals surface area contributed by atoms with Gasteiger partial charge in [-0.2, -0.15) is 0 Å². The Balaban J connectivity index is 1.40. The Hall–Kier alpha value is -2.84. The first-order chi connectivity index (χ1) is 17.6. The number of thiazole rings is 1. The number of likely N-dealkylation sites (N-methyl/N-ethyl adjacent to an activating group) is 1. The van der Waals surface area contributed by atoms with Crippen molar-refractivity contribution >= 4 is 34.1 Å². The summed E-state index contributed by atoms with van der Waals surface area (Å²) in [4.78, 5) is 38.3. The zero-order valence-electron chi connectivity index (χ0n) is 21.1. The third-order valence-corrected chi connectivity index (χ3v) is 8.73. The SMILES string of the molecule is CN[C@@H](C)C(=O)N[C@H](C(=O)N1CCC[C@H]1c1nc(-c2ccnc3ccccc23)cs1)C1CCCCC1. The molecule has 36 heavy (non-hydrogen) atoms. The zero-order chi connectivity index (χ0) is 25.1. The highest BCUT2D eigenvalue weighted by Gasteiger charge is 2.40. The van der Waals surface area contributed by atoms with Crippen molar-refractivity contribution < 1.29 is 9.59 Å². The van der Waals surface area contributed by atoms with Gasteiger partial charge in [0.05, 0.1) is 23.3 Å². The monoisotopic (exact) mass is 505 g/mol. The summed E-state index contributed by atoms with van der Waals surface area (Å²) in [6.45, 7) is 2.54. The molecule has 2 amide bonds. The summed E-state index contributed by atoms with van der Waals surface area (Å²) in [5.41, 5.74) is 2.93. The maximum atomic E-state index is 14.0. The Kier molecular flexibility index (Phi) is 7.62. The van der Waals surface area contributed by atoms with Gasteiger partial charge >= 0.3 is 0 Å². The predicted octanol–water partition coefficient (Wildman–Crippen LogP) is 4.69. The lowest BCUT2D eigenvalue weighted by Gasteiger charge is -2.35. The minimum Gasteiger partial charge on any atom is -0.343 e. The Bertz CT molecular complexity index is 1220. The van der Waals surface area contributed by atoms with E-state index in [4.69, 9.17) is 4.98 Å². The van der Waals surface area contributed by atoms with Crippen LogP contribution in [-0.2, 0) is 9.59 Å². The molecule has 8 heteroatoms. The van der Waals surface area contributed by atoms with Gasteiger partial charge in [-0.05, 0) is 57.7 Å². The van der Waals surface area contributed by atoms with Gasteiger partial charge in [-0.3, -0.25) is 14.6 Å². The number of para-hydroxylation sites is 1. The van der Waals surface area contributed by atoms with E-state index >= 15 is 0 Å². The quantitative estimate of drug-likeness (QED) is 0.486. The predicted molar refractivity (Wildman–Crippen MR) is 144 cm³/mol. The van der Waals surface area contributed by atoms with Gasteiger partial charge in [0.2, 0.25) is 11.8 Å². The van der Waals surface area contributed by atoms with E-state index in [0.717, 1.165) is 65.7 Å². The van der Waals surface area contributed by atoms with Gasteiger partial charge in [0.25, 0.3) is 0 Å². The number of hydrogen-bond acceptors (Lipinski definition) is 6. The largest absolute Gasteiger partial charge is 0.343 e. The number of pyridine rings is 1. The van der Waals surface area contributed by atoms with Crippen LogP contribution in [0.4, 0.5) is 0 Å². The van der Waals surface area contributed by atoms with E-state index in [1.165, 1.54) is 6.42 Å². The van der Waals surface area contributed by atoms with Crippen molar-refractivity contribution in [2.24, 2.45) is 5.92 Å². The molecule has 1 aromatic carbocycles. The Morgan fingerprint density at radius 3 is 2.69 bits per heavy atom. The number of rotatable bonds is 7. The molecule has 2 fully saturated rings. The Morgan fingerprint density at radius 2 is 1.89 bits per heavy atom. The minimum absolute atomic E-state index is 0.0472. The van der Waals surface area contributed by atoms with E-state index in [0.29, 0.717) is 6.54 Å². The second-order valence-electron chi connectivity index (χ2n) is 10.0. The fourth-order valence-electron chi connectivity index (χ4n) is 5.61. The van der Waals surface area contributed by atoms with Crippen LogP contribution < -0.4 is 10.6 Å². The summed E-state index contributed by atoms with van der Waals surface area (Å²) in [6, 6.07) is 9.25. The number of fused-ring (bicyclic) bond motifs is 1. The molecular weight excluding hydrogens is 470 g/mol. The fourth-order valence-corrected chi connectivity index (χ4v) is 6.57. The van der Waals surface area contributed by atoms with Gasteiger partial charge in [-0.1, -0.05) is 37.5 Å². The van der Waals surface area contributed by atoms with Gasteiger partial charge in [0, 0.05) is 29.1 Å². The van der Waals surface area contributed by atoms with Crippen molar-refractivity contribution in [3.05, 3.63) is 46.9 Å². The Morgan fingerprint density at radius 1 is 1.08 bits per heavy atom.